The molecule has 2 aromatic rings. The van der Waals surface area contributed by atoms with Crippen LogP contribution in [0.5, 0.6) is 0 Å². The summed E-state index contributed by atoms with van der Waals surface area (Å²) >= 11 is 1.39. The van der Waals surface area contributed by atoms with Crippen LogP contribution in [0.15, 0.2) is 11.6 Å². The third-order valence-corrected chi connectivity index (χ3v) is 4.97. The first kappa shape index (κ1) is 14.3. The van der Waals surface area contributed by atoms with Crippen molar-refractivity contribution in [2.45, 2.75) is 32.7 Å². The van der Waals surface area contributed by atoms with E-state index in [1.807, 2.05) is 0 Å². The fraction of sp³-hybridized carbons (Fsp3) is 0.615. The van der Waals surface area contributed by atoms with E-state index in [0.29, 0.717) is 17.3 Å². The van der Waals surface area contributed by atoms with Crippen molar-refractivity contribution in [1.82, 2.24) is 14.7 Å². The third kappa shape index (κ3) is 2.60. The Hall–Kier alpha value is -1.67. The van der Waals surface area contributed by atoms with E-state index in [-0.39, 0.29) is 22.2 Å². The molecule has 2 aromatic heterocycles. The number of nitrogens with one attached hydrogen (secondary N) is 2. The van der Waals surface area contributed by atoms with Crippen LogP contribution in [0.25, 0.3) is 4.96 Å². The van der Waals surface area contributed by atoms with Crippen LogP contribution in [0, 0.1) is 15.5 Å². The molecule has 1 unspecified atom stereocenters. The molecule has 0 aliphatic carbocycles. The van der Waals surface area contributed by atoms with Gasteiger partial charge in [-0.1, -0.05) is 25.2 Å². The molecular weight excluding hydrogens is 290 g/mol. The molecule has 0 spiro atoms. The Bertz CT molecular complexity index is 663. The minimum atomic E-state index is -0.380. The molecular formula is C13H19N5O2S. The van der Waals surface area contributed by atoms with Crippen molar-refractivity contribution < 1.29 is 4.92 Å². The largest absolute Gasteiger partial charge is 0.372 e. The maximum atomic E-state index is 11.3. The second kappa shape index (κ2) is 5.27. The normalized spacial score (nSPS) is 21.5. The highest BCUT2D eigenvalue weighted by Gasteiger charge is 2.32. The fourth-order valence-electron chi connectivity index (χ4n) is 2.88. The second-order valence-corrected chi connectivity index (χ2v) is 6.95. The molecule has 3 rings (SSSR count). The molecule has 114 valence electrons. The molecule has 8 heteroatoms. The number of rotatable bonds is 4. The standard InChI is InChI=1S/C13H19N5O2S/c1-13(2)4-3-5-14-9(13)8-15-10-11(18(19)20)17-6-7-21-12(17)16-10/h6-7,9,14-15H,3-5,8H2,1-2H3. The van der Waals surface area contributed by atoms with Crippen molar-refractivity contribution >= 4 is 27.9 Å². The van der Waals surface area contributed by atoms with Crippen LogP contribution in [0.2, 0.25) is 0 Å². The topological polar surface area (TPSA) is 84.5 Å². The molecule has 2 N–H and O–H groups in total. The van der Waals surface area contributed by atoms with Gasteiger partial charge >= 0.3 is 5.82 Å². The Morgan fingerprint density at radius 2 is 2.48 bits per heavy atom. The van der Waals surface area contributed by atoms with E-state index in [9.17, 15) is 10.1 Å². The monoisotopic (exact) mass is 309 g/mol. The first-order chi connectivity index (χ1) is 9.99. The molecule has 1 aliphatic heterocycles. The van der Waals surface area contributed by atoms with Gasteiger partial charge in [0.05, 0.1) is 0 Å². The summed E-state index contributed by atoms with van der Waals surface area (Å²) in [4.78, 5) is 15.9. The summed E-state index contributed by atoms with van der Waals surface area (Å²) < 4.78 is 1.52. The lowest BCUT2D eigenvalue weighted by atomic mass is 9.77. The van der Waals surface area contributed by atoms with Gasteiger partial charge in [-0.2, -0.15) is 9.38 Å². The van der Waals surface area contributed by atoms with Crippen LogP contribution in [0.3, 0.4) is 0 Å². The molecule has 1 aliphatic rings. The molecule has 0 radical (unpaired) electrons. The molecule has 3 heterocycles. The number of piperidine rings is 1. The SMILES string of the molecule is CC1(C)CCCNC1CNc1nc2sccn2c1[N+](=O)[O-]. The van der Waals surface area contributed by atoms with Gasteiger partial charge in [-0.05, 0) is 29.7 Å². The van der Waals surface area contributed by atoms with E-state index in [0.717, 1.165) is 13.0 Å². The quantitative estimate of drug-likeness (QED) is 0.669. The van der Waals surface area contributed by atoms with Gasteiger partial charge in [0.2, 0.25) is 5.82 Å². The second-order valence-electron chi connectivity index (χ2n) is 6.08. The van der Waals surface area contributed by atoms with E-state index < -0.39 is 0 Å². The number of hydrogen-bond donors (Lipinski definition) is 2. The number of imidazole rings is 1. The molecule has 21 heavy (non-hydrogen) atoms. The zero-order valence-electron chi connectivity index (χ0n) is 12.1. The lowest BCUT2D eigenvalue weighted by molar-refractivity contribution is -0.389. The molecule has 7 nitrogen and oxygen atoms in total. The summed E-state index contributed by atoms with van der Waals surface area (Å²) in [5, 5.41) is 19.7. The average Bonchev–Trinajstić information content (AvgIpc) is 2.96. The van der Waals surface area contributed by atoms with Crippen molar-refractivity contribution in [2.24, 2.45) is 5.41 Å². The van der Waals surface area contributed by atoms with E-state index in [1.54, 1.807) is 11.6 Å². The van der Waals surface area contributed by atoms with Crippen molar-refractivity contribution in [3.05, 3.63) is 21.7 Å². The third-order valence-electron chi connectivity index (χ3n) is 4.22. The highest BCUT2D eigenvalue weighted by molar-refractivity contribution is 7.15. The number of nitrogens with zero attached hydrogens (tertiary/aromatic N) is 3. The lowest BCUT2D eigenvalue weighted by Gasteiger charge is -2.39. The summed E-state index contributed by atoms with van der Waals surface area (Å²) in [5.74, 6) is 0.370. The Balaban J connectivity index is 1.80. The van der Waals surface area contributed by atoms with Crippen molar-refractivity contribution in [3.8, 4) is 0 Å². The Morgan fingerprint density at radius 1 is 1.67 bits per heavy atom. The predicted octanol–water partition coefficient (Wildman–Crippen LogP) is 2.49. The molecule has 0 aromatic carbocycles. The molecule has 0 amide bonds. The van der Waals surface area contributed by atoms with Gasteiger partial charge in [0.25, 0.3) is 4.96 Å². The average molecular weight is 309 g/mol. The maximum Gasteiger partial charge on any atom is 0.372 e. The van der Waals surface area contributed by atoms with Crippen LogP contribution in [-0.2, 0) is 0 Å². The van der Waals surface area contributed by atoms with Crippen molar-refractivity contribution in [3.63, 3.8) is 0 Å². The molecule has 0 saturated carbocycles. The smallest absolute Gasteiger partial charge is 0.361 e. The first-order valence-electron chi connectivity index (χ1n) is 7.06. The minimum Gasteiger partial charge on any atom is -0.361 e. The van der Waals surface area contributed by atoms with Crippen LogP contribution in [0.1, 0.15) is 26.7 Å². The number of aromatic nitrogens is 2. The Labute approximate surface area is 126 Å². The fourth-order valence-corrected chi connectivity index (χ4v) is 3.59. The Kier molecular flexibility index (Phi) is 3.58. The van der Waals surface area contributed by atoms with Crippen molar-refractivity contribution in [1.29, 1.82) is 0 Å². The number of fused-ring (bicyclic) bond motifs is 1. The van der Waals surface area contributed by atoms with E-state index >= 15 is 0 Å². The van der Waals surface area contributed by atoms with Crippen LogP contribution in [0.4, 0.5) is 11.6 Å². The van der Waals surface area contributed by atoms with Gasteiger partial charge in [0.1, 0.15) is 6.20 Å². The number of anilines is 1. The number of thiazole rings is 1. The van der Waals surface area contributed by atoms with Gasteiger partial charge in [-0.3, -0.25) is 0 Å². The van der Waals surface area contributed by atoms with E-state index in [4.69, 9.17) is 0 Å². The highest BCUT2D eigenvalue weighted by atomic mass is 32.1. The van der Waals surface area contributed by atoms with Gasteiger partial charge < -0.3 is 20.7 Å². The van der Waals surface area contributed by atoms with Gasteiger partial charge in [0, 0.05) is 18.0 Å². The summed E-state index contributed by atoms with van der Waals surface area (Å²) in [7, 11) is 0. The van der Waals surface area contributed by atoms with E-state index in [1.165, 1.54) is 22.2 Å². The molecule has 1 atom stereocenters. The minimum absolute atomic E-state index is 0.0138. The van der Waals surface area contributed by atoms with Gasteiger partial charge in [0.15, 0.2) is 0 Å². The molecule has 1 saturated heterocycles. The lowest BCUT2D eigenvalue weighted by Crippen LogP contribution is -2.50. The predicted molar refractivity (Wildman–Crippen MR) is 83.0 cm³/mol. The van der Waals surface area contributed by atoms with Crippen LogP contribution >= 0.6 is 11.3 Å². The van der Waals surface area contributed by atoms with Crippen LogP contribution < -0.4 is 10.6 Å². The number of hydrogen-bond acceptors (Lipinski definition) is 6. The summed E-state index contributed by atoms with van der Waals surface area (Å²) in [6, 6.07) is 0.283. The summed E-state index contributed by atoms with van der Waals surface area (Å²) in [6.45, 7) is 6.09. The van der Waals surface area contributed by atoms with Gasteiger partial charge in [-0.15, -0.1) is 0 Å². The highest BCUT2D eigenvalue weighted by Crippen LogP contribution is 2.32. The summed E-state index contributed by atoms with van der Waals surface area (Å²) in [5.41, 5.74) is 0.178. The first-order valence-corrected chi connectivity index (χ1v) is 7.94. The van der Waals surface area contributed by atoms with E-state index in [2.05, 4.69) is 29.5 Å². The van der Waals surface area contributed by atoms with Crippen LogP contribution in [-0.4, -0.2) is 33.4 Å². The van der Waals surface area contributed by atoms with Gasteiger partial charge in [-0.25, -0.2) is 0 Å². The zero-order valence-corrected chi connectivity index (χ0v) is 12.9. The summed E-state index contributed by atoms with van der Waals surface area (Å²) in [6.07, 6.45) is 4.01. The molecule has 0 bridgehead atoms. The van der Waals surface area contributed by atoms with Crippen molar-refractivity contribution in [2.75, 3.05) is 18.4 Å². The maximum absolute atomic E-state index is 11.3. The Morgan fingerprint density at radius 3 is 3.19 bits per heavy atom. The number of nitro groups is 1. The molecule has 1 fully saturated rings. The zero-order chi connectivity index (χ0) is 15.0.